The molecule has 2 amide bonds. The molecule has 5 nitrogen and oxygen atoms in total. The smallest absolute Gasteiger partial charge is 0.242 e. The summed E-state index contributed by atoms with van der Waals surface area (Å²) in [6.45, 7) is 6.93. The van der Waals surface area contributed by atoms with E-state index in [4.69, 9.17) is 34.8 Å². The zero-order chi connectivity index (χ0) is 24.8. The number of hydrogen-bond acceptors (Lipinski definition) is 2. The summed E-state index contributed by atoms with van der Waals surface area (Å²) >= 11 is 18.4. The second-order valence-corrected chi connectivity index (χ2v) is 10.4. The van der Waals surface area contributed by atoms with Crippen molar-refractivity contribution in [3.8, 4) is 0 Å². The molecule has 34 heavy (non-hydrogen) atoms. The molecule has 0 aliphatic rings. The van der Waals surface area contributed by atoms with Gasteiger partial charge in [0.2, 0.25) is 11.8 Å². The number of rotatable bonds is 10. The van der Waals surface area contributed by atoms with Gasteiger partial charge in [-0.15, -0.1) is 11.6 Å². The average Bonchev–Trinajstić information content (AvgIpc) is 3.20. The van der Waals surface area contributed by atoms with Crippen LogP contribution in [-0.4, -0.2) is 51.6 Å². The Bertz CT molecular complexity index is 1140. The minimum Gasteiger partial charge on any atom is -0.361 e. The van der Waals surface area contributed by atoms with Crippen molar-refractivity contribution in [2.24, 2.45) is 5.92 Å². The van der Waals surface area contributed by atoms with E-state index in [0.717, 1.165) is 22.0 Å². The number of hydrogen-bond donors (Lipinski definition) is 1. The molecule has 3 aromatic rings. The van der Waals surface area contributed by atoms with Crippen molar-refractivity contribution in [3.63, 3.8) is 0 Å². The van der Waals surface area contributed by atoms with Crippen LogP contribution < -0.4 is 0 Å². The summed E-state index contributed by atoms with van der Waals surface area (Å²) in [5.41, 5.74) is 3.06. The summed E-state index contributed by atoms with van der Waals surface area (Å²) in [5.74, 6) is -0.172. The zero-order valence-electron chi connectivity index (χ0n) is 19.7. The lowest BCUT2D eigenvalue weighted by Crippen LogP contribution is -2.46. The standard InChI is InChI=1S/C26H30Cl3N3O2/c1-17(2)14-32(26(34)18(3)27)16-25(33)31(15-19-8-9-22(28)23(29)12-19)11-10-20-13-30-24-7-5-4-6-21(20)24/h4-9,12-13,17-18,30H,10-11,14-16H2,1-3H3. The number of halogens is 3. The van der Waals surface area contributed by atoms with Crippen LogP contribution in [0, 0.1) is 5.92 Å². The Kier molecular flexibility index (Phi) is 9.29. The van der Waals surface area contributed by atoms with Gasteiger partial charge in [0.05, 0.1) is 16.6 Å². The average molecular weight is 523 g/mol. The zero-order valence-corrected chi connectivity index (χ0v) is 21.9. The van der Waals surface area contributed by atoms with E-state index >= 15 is 0 Å². The predicted octanol–water partition coefficient (Wildman–Crippen LogP) is 6.16. The van der Waals surface area contributed by atoms with Crippen molar-refractivity contribution in [1.82, 2.24) is 14.8 Å². The van der Waals surface area contributed by atoms with Gasteiger partial charge in [-0.1, -0.05) is 61.3 Å². The molecule has 1 unspecified atom stereocenters. The van der Waals surface area contributed by atoms with Gasteiger partial charge in [-0.2, -0.15) is 0 Å². The van der Waals surface area contributed by atoms with Gasteiger partial charge in [0.25, 0.3) is 0 Å². The highest BCUT2D eigenvalue weighted by Gasteiger charge is 2.25. The molecule has 3 rings (SSSR count). The first-order valence-electron chi connectivity index (χ1n) is 11.3. The minimum absolute atomic E-state index is 0.0245. The first kappa shape index (κ1) is 26.4. The first-order valence-corrected chi connectivity index (χ1v) is 12.5. The highest BCUT2D eigenvalue weighted by Crippen LogP contribution is 2.24. The number of benzene rings is 2. The second kappa shape index (κ2) is 12.0. The van der Waals surface area contributed by atoms with E-state index in [1.54, 1.807) is 28.9 Å². The number of alkyl halides is 1. The Morgan fingerprint density at radius 1 is 1.00 bits per heavy atom. The number of nitrogens with zero attached hydrogens (tertiary/aromatic N) is 2. The van der Waals surface area contributed by atoms with E-state index in [9.17, 15) is 9.59 Å². The van der Waals surface area contributed by atoms with Crippen molar-refractivity contribution >= 4 is 57.5 Å². The Balaban J connectivity index is 1.82. The molecule has 2 aromatic carbocycles. The van der Waals surface area contributed by atoms with Gasteiger partial charge in [-0.05, 0) is 48.6 Å². The second-order valence-electron chi connectivity index (χ2n) is 8.90. The topological polar surface area (TPSA) is 56.4 Å². The molecule has 1 aromatic heterocycles. The van der Waals surface area contributed by atoms with Crippen molar-refractivity contribution in [2.45, 2.75) is 39.1 Å². The summed E-state index contributed by atoms with van der Waals surface area (Å²) in [5, 5.41) is 1.35. The number of carbonyl (C=O) groups is 2. The monoisotopic (exact) mass is 521 g/mol. The Morgan fingerprint density at radius 2 is 1.74 bits per heavy atom. The third kappa shape index (κ3) is 6.91. The van der Waals surface area contributed by atoms with Crippen LogP contribution in [0.15, 0.2) is 48.7 Å². The van der Waals surface area contributed by atoms with Crippen LogP contribution in [0.25, 0.3) is 10.9 Å². The largest absolute Gasteiger partial charge is 0.361 e. The minimum atomic E-state index is -0.693. The number of aromatic amines is 1. The molecule has 0 saturated carbocycles. The maximum absolute atomic E-state index is 13.5. The summed E-state index contributed by atoms with van der Waals surface area (Å²) < 4.78 is 0. The Labute approximate surface area is 216 Å². The fraction of sp³-hybridized carbons (Fsp3) is 0.385. The van der Waals surface area contributed by atoms with E-state index < -0.39 is 5.38 Å². The molecular formula is C26H30Cl3N3O2. The highest BCUT2D eigenvalue weighted by atomic mass is 35.5. The molecule has 0 fully saturated rings. The third-order valence-corrected chi connectivity index (χ3v) is 6.53. The van der Waals surface area contributed by atoms with Crippen molar-refractivity contribution in [1.29, 1.82) is 0 Å². The van der Waals surface area contributed by atoms with Crippen LogP contribution in [0.5, 0.6) is 0 Å². The number of H-pyrrole nitrogens is 1. The van der Waals surface area contributed by atoms with Crippen LogP contribution in [0.3, 0.4) is 0 Å². The van der Waals surface area contributed by atoms with E-state index in [2.05, 4.69) is 11.1 Å². The van der Waals surface area contributed by atoms with Gasteiger partial charge < -0.3 is 14.8 Å². The molecule has 1 atom stereocenters. The van der Waals surface area contributed by atoms with Gasteiger partial charge in [0.1, 0.15) is 5.38 Å². The van der Waals surface area contributed by atoms with Gasteiger partial charge in [0.15, 0.2) is 0 Å². The molecular weight excluding hydrogens is 493 g/mol. The molecule has 0 spiro atoms. The van der Waals surface area contributed by atoms with Gasteiger partial charge in [0, 0.05) is 36.7 Å². The van der Waals surface area contributed by atoms with E-state index in [-0.39, 0.29) is 24.3 Å². The summed E-state index contributed by atoms with van der Waals surface area (Å²) in [6.07, 6.45) is 2.65. The molecule has 1 heterocycles. The lowest BCUT2D eigenvalue weighted by atomic mass is 10.1. The molecule has 0 aliphatic carbocycles. The molecule has 0 saturated heterocycles. The van der Waals surface area contributed by atoms with Crippen LogP contribution >= 0.6 is 34.8 Å². The van der Waals surface area contributed by atoms with E-state index in [0.29, 0.717) is 36.1 Å². The fourth-order valence-electron chi connectivity index (χ4n) is 3.93. The van der Waals surface area contributed by atoms with Gasteiger partial charge >= 0.3 is 0 Å². The van der Waals surface area contributed by atoms with Crippen molar-refractivity contribution in [2.75, 3.05) is 19.6 Å². The number of amides is 2. The lowest BCUT2D eigenvalue weighted by Gasteiger charge is -2.29. The summed E-state index contributed by atoms with van der Waals surface area (Å²) in [4.78, 5) is 32.7. The van der Waals surface area contributed by atoms with Gasteiger partial charge in [-0.3, -0.25) is 9.59 Å². The molecule has 8 heteroatoms. The molecule has 1 N–H and O–H groups in total. The molecule has 0 bridgehead atoms. The number of carbonyl (C=O) groups excluding carboxylic acids is 2. The number of para-hydroxylation sites is 1. The lowest BCUT2D eigenvalue weighted by molar-refractivity contribution is -0.141. The Hall–Kier alpha value is -2.21. The van der Waals surface area contributed by atoms with Crippen molar-refractivity contribution in [3.05, 3.63) is 69.8 Å². The quantitative estimate of drug-likeness (QED) is 0.324. The highest BCUT2D eigenvalue weighted by molar-refractivity contribution is 6.42. The first-order chi connectivity index (χ1) is 16.2. The van der Waals surface area contributed by atoms with E-state index in [1.165, 1.54) is 0 Å². The van der Waals surface area contributed by atoms with Crippen LogP contribution in [0.1, 0.15) is 31.9 Å². The number of fused-ring (bicyclic) bond motifs is 1. The fourth-order valence-corrected chi connectivity index (χ4v) is 4.39. The van der Waals surface area contributed by atoms with Crippen LogP contribution in [-0.2, 0) is 22.6 Å². The normalized spacial score (nSPS) is 12.2. The summed E-state index contributed by atoms with van der Waals surface area (Å²) in [7, 11) is 0. The molecule has 0 radical (unpaired) electrons. The number of nitrogens with one attached hydrogen (secondary N) is 1. The molecule has 182 valence electrons. The van der Waals surface area contributed by atoms with Crippen LogP contribution in [0.4, 0.5) is 0 Å². The SMILES string of the molecule is CC(C)CN(CC(=O)N(CCc1c[nH]c2ccccc12)Cc1ccc(Cl)c(Cl)c1)C(=O)C(C)Cl. The number of aromatic nitrogens is 1. The Morgan fingerprint density at radius 3 is 2.41 bits per heavy atom. The molecule has 0 aliphatic heterocycles. The maximum Gasteiger partial charge on any atom is 0.242 e. The summed E-state index contributed by atoms with van der Waals surface area (Å²) in [6, 6.07) is 13.4. The third-order valence-electron chi connectivity index (χ3n) is 5.60. The predicted molar refractivity (Wildman–Crippen MR) is 141 cm³/mol. The van der Waals surface area contributed by atoms with Gasteiger partial charge in [-0.25, -0.2) is 0 Å². The van der Waals surface area contributed by atoms with Crippen LogP contribution in [0.2, 0.25) is 10.0 Å². The van der Waals surface area contributed by atoms with Crippen molar-refractivity contribution < 1.29 is 9.59 Å². The van der Waals surface area contributed by atoms with E-state index in [1.807, 2.05) is 44.3 Å². The maximum atomic E-state index is 13.5.